The van der Waals surface area contributed by atoms with E-state index in [4.69, 9.17) is 14.2 Å². The standard InChI is InChI=1S/C22H27NO4/c1-4-25-20-12-17-11-16(3)27-21(17)13-18(20)14-23-22(24)9-10-26-19-8-6-5-7-15(19)2/h5-8,12-13,16H,4,9-11,14H2,1-3H3,(H,23,24)/t16-/m1/s1. The quantitative estimate of drug-likeness (QED) is 0.769. The molecule has 0 saturated carbocycles. The molecule has 144 valence electrons. The number of rotatable bonds is 8. The molecule has 0 bridgehead atoms. The first-order chi connectivity index (χ1) is 13.1. The second-order valence-corrected chi connectivity index (χ2v) is 6.77. The molecule has 0 unspecified atom stereocenters. The highest BCUT2D eigenvalue weighted by molar-refractivity contribution is 5.76. The molecule has 3 rings (SSSR count). The number of ether oxygens (including phenoxy) is 3. The van der Waals surface area contributed by atoms with Gasteiger partial charge in [0.05, 0.1) is 19.6 Å². The highest BCUT2D eigenvalue weighted by Gasteiger charge is 2.22. The predicted molar refractivity (Wildman–Crippen MR) is 105 cm³/mol. The molecule has 1 aliphatic heterocycles. The van der Waals surface area contributed by atoms with Crippen molar-refractivity contribution in [3.05, 3.63) is 53.1 Å². The molecule has 0 fully saturated rings. The zero-order valence-electron chi connectivity index (χ0n) is 16.2. The Bertz CT molecular complexity index is 803. The van der Waals surface area contributed by atoms with Crippen molar-refractivity contribution in [3.8, 4) is 17.2 Å². The number of fused-ring (bicyclic) bond motifs is 1. The summed E-state index contributed by atoms with van der Waals surface area (Å²) in [5.41, 5.74) is 3.15. The lowest BCUT2D eigenvalue weighted by atomic mass is 10.1. The van der Waals surface area contributed by atoms with E-state index in [2.05, 4.69) is 12.2 Å². The molecule has 0 saturated heterocycles. The van der Waals surface area contributed by atoms with Gasteiger partial charge >= 0.3 is 0 Å². The molecule has 0 aliphatic carbocycles. The van der Waals surface area contributed by atoms with E-state index >= 15 is 0 Å². The molecule has 27 heavy (non-hydrogen) atoms. The van der Waals surface area contributed by atoms with Gasteiger partial charge in [-0.3, -0.25) is 4.79 Å². The van der Waals surface area contributed by atoms with Crippen LogP contribution in [0.2, 0.25) is 0 Å². The number of carbonyl (C=O) groups excluding carboxylic acids is 1. The molecule has 1 N–H and O–H groups in total. The van der Waals surface area contributed by atoms with Crippen LogP contribution in [-0.4, -0.2) is 25.2 Å². The molecule has 2 aromatic carbocycles. The van der Waals surface area contributed by atoms with Gasteiger partial charge < -0.3 is 19.5 Å². The van der Waals surface area contributed by atoms with Crippen molar-refractivity contribution in [3.63, 3.8) is 0 Å². The van der Waals surface area contributed by atoms with Crippen LogP contribution in [0.1, 0.15) is 37.0 Å². The van der Waals surface area contributed by atoms with Crippen LogP contribution in [0.5, 0.6) is 17.2 Å². The molecular weight excluding hydrogens is 342 g/mol. The van der Waals surface area contributed by atoms with Crippen LogP contribution in [0, 0.1) is 6.92 Å². The second kappa shape index (κ2) is 8.80. The maximum atomic E-state index is 12.2. The van der Waals surface area contributed by atoms with Gasteiger partial charge in [-0.25, -0.2) is 0 Å². The number of amides is 1. The first kappa shape index (κ1) is 19.1. The van der Waals surface area contributed by atoms with Crippen LogP contribution in [0.4, 0.5) is 0 Å². The van der Waals surface area contributed by atoms with E-state index in [1.165, 1.54) is 0 Å². The van der Waals surface area contributed by atoms with Crippen LogP contribution in [0.15, 0.2) is 36.4 Å². The summed E-state index contributed by atoms with van der Waals surface area (Å²) in [5, 5.41) is 2.95. The van der Waals surface area contributed by atoms with Crippen LogP contribution < -0.4 is 19.5 Å². The SMILES string of the molecule is CCOc1cc2c(cc1CNC(=O)CCOc1ccccc1C)O[C@H](C)C2. The van der Waals surface area contributed by atoms with Crippen LogP contribution in [-0.2, 0) is 17.8 Å². The molecule has 0 radical (unpaired) electrons. The van der Waals surface area contributed by atoms with Gasteiger partial charge in [0.1, 0.15) is 23.4 Å². The largest absolute Gasteiger partial charge is 0.494 e. The molecule has 5 nitrogen and oxygen atoms in total. The second-order valence-electron chi connectivity index (χ2n) is 6.77. The molecule has 1 amide bonds. The number of benzene rings is 2. The smallest absolute Gasteiger partial charge is 0.223 e. The van der Waals surface area contributed by atoms with Crippen LogP contribution in [0.3, 0.4) is 0 Å². The third kappa shape index (κ3) is 4.94. The van der Waals surface area contributed by atoms with Gasteiger partial charge in [0.2, 0.25) is 5.91 Å². The van der Waals surface area contributed by atoms with E-state index < -0.39 is 0 Å². The third-order valence-electron chi connectivity index (χ3n) is 4.54. The fourth-order valence-corrected chi connectivity index (χ4v) is 3.16. The van der Waals surface area contributed by atoms with Crippen molar-refractivity contribution in [2.45, 2.75) is 46.3 Å². The molecule has 0 spiro atoms. The van der Waals surface area contributed by atoms with Gasteiger partial charge in [0, 0.05) is 24.1 Å². The maximum absolute atomic E-state index is 12.2. The third-order valence-corrected chi connectivity index (χ3v) is 4.54. The highest BCUT2D eigenvalue weighted by atomic mass is 16.5. The number of hydrogen-bond acceptors (Lipinski definition) is 4. The zero-order chi connectivity index (χ0) is 19.2. The first-order valence-electron chi connectivity index (χ1n) is 9.47. The molecule has 1 atom stereocenters. The minimum Gasteiger partial charge on any atom is -0.494 e. The fraction of sp³-hybridized carbons (Fsp3) is 0.409. The molecule has 0 aromatic heterocycles. The monoisotopic (exact) mass is 369 g/mol. The topological polar surface area (TPSA) is 56.8 Å². The summed E-state index contributed by atoms with van der Waals surface area (Å²) >= 11 is 0. The van der Waals surface area contributed by atoms with Crippen molar-refractivity contribution in [1.29, 1.82) is 0 Å². The summed E-state index contributed by atoms with van der Waals surface area (Å²) in [6, 6.07) is 11.8. The number of aryl methyl sites for hydroxylation is 1. The highest BCUT2D eigenvalue weighted by Crippen LogP contribution is 2.35. The average molecular weight is 369 g/mol. The van der Waals surface area contributed by atoms with E-state index in [1.54, 1.807) is 0 Å². The summed E-state index contributed by atoms with van der Waals surface area (Å²) in [6.45, 7) is 7.33. The van der Waals surface area contributed by atoms with Gasteiger partial charge in [-0.05, 0) is 44.5 Å². The van der Waals surface area contributed by atoms with E-state index in [-0.39, 0.29) is 12.0 Å². The fourth-order valence-electron chi connectivity index (χ4n) is 3.16. The van der Waals surface area contributed by atoms with Crippen molar-refractivity contribution in [1.82, 2.24) is 5.32 Å². The Hall–Kier alpha value is -2.69. The average Bonchev–Trinajstić information content (AvgIpc) is 3.00. The number of nitrogens with one attached hydrogen (secondary N) is 1. The zero-order valence-corrected chi connectivity index (χ0v) is 16.2. The van der Waals surface area contributed by atoms with Gasteiger partial charge in [0.25, 0.3) is 0 Å². The van der Waals surface area contributed by atoms with E-state index in [9.17, 15) is 4.79 Å². The summed E-state index contributed by atoms with van der Waals surface area (Å²) in [5.74, 6) is 2.46. The Labute approximate surface area is 160 Å². The molecular formula is C22H27NO4. The Morgan fingerprint density at radius 2 is 2.04 bits per heavy atom. The molecule has 5 heteroatoms. The van der Waals surface area contributed by atoms with E-state index in [0.717, 1.165) is 40.4 Å². The van der Waals surface area contributed by atoms with Crippen LogP contribution in [0.25, 0.3) is 0 Å². The molecule has 2 aromatic rings. The Morgan fingerprint density at radius 3 is 2.81 bits per heavy atom. The lowest BCUT2D eigenvalue weighted by Crippen LogP contribution is -2.24. The summed E-state index contributed by atoms with van der Waals surface area (Å²) in [7, 11) is 0. The molecule has 1 aliphatic rings. The van der Waals surface area contributed by atoms with E-state index in [1.807, 2.05) is 50.2 Å². The predicted octanol–water partition coefficient (Wildman–Crippen LogP) is 3.80. The van der Waals surface area contributed by atoms with Crippen molar-refractivity contribution < 1.29 is 19.0 Å². The van der Waals surface area contributed by atoms with Gasteiger partial charge in [0.15, 0.2) is 0 Å². The number of hydrogen-bond donors (Lipinski definition) is 1. The van der Waals surface area contributed by atoms with Gasteiger partial charge in [-0.1, -0.05) is 18.2 Å². The molecule has 1 heterocycles. The Balaban J connectivity index is 1.54. The first-order valence-corrected chi connectivity index (χ1v) is 9.47. The summed E-state index contributed by atoms with van der Waals surface area (Å²) in [4.78, 5) is 12.2. The number of carbonyl (C=O) groups is 1. The minimum absolute atomic E-state index is 0.0548. The van der Waals surface area contributed by atoms with E-state index in [0.29, 0.717) is 26.2 Å². The Morgan fingerprint density at radius 1 is 1.22 bits per heavy atom. The van der Waals surface area contributed by atoms with Crippen LogP contribution >= 0.6 is 0 Å². The minimum atomic E-state index is -0.0548. The number of para-hydroxylation sites is 1. The summed E-state index contributed by atoms with van der Waals surface area (Å²) in [6.07, 6.45) is 1.37. The maximum Gasteiger partial charge on any atom is 0.223 e. The lowest BCUT2D eigenvalue weighted by molar-refractivity contribution is -0.121. The van der Waals surface area contributed by atoms with Gasteiger partial charge in [-0.2, -0.15) is 0 Å². The van der Waals surface area contributed by atoms with Crippen molar-refractivity contribution >= 4 is 5.91 Å². The summed E-state index contributed by atoms with van der Waals surface area (Å²) < 4.78 is 17.3. The van der Waals surface area contributed by atoms with Crippen molar-refractivity contribution in [2.75, 3.05) is 13.2 Å². The Kier molecular flexibility index (Phi) is 6.22. The van der Waals surface area contributed by atoms with Crippen molar-refractivity contribution in [2.24, 2.45) is 0 Å². The van der Waals surface area contributed by atoms with Gasteiger partial charge in [-0.15, -0.1) is 0 Å². The lowest BCUT2D eigenvalue weighted by Gasteiger charge is -2.14. The normalized spacial score (nSPS) is 15.0.